The lowest BCUT2D eigenvalue weighted by atomic mass is 10.2. The van der Waals surface area contributed by atoms with Crippen LogP contribution in [0.25, 0.3) is 0 Å². The van der Waals surface area contributed by atoms with Crippen LogP contribution < -0.4 is 9.47 Å². The molecule has 2 aromatic carbocycles. The van der Waals surface area contributed by atoms with Crippen molar-refractivity contribution in [2.45, 2.75) is 6.61 Å². The predicted octanol–water partition coefficient (Wildman–Crippen LogP) is 3.55. The molecule has 4 nitrogen and oxygen atoms in total. The fourth-order valence-corrected chi connectivity index (χ4v) is 1.90. The van der Waals surface area contributed by atoms with Crippen LogP contribution in [0.5, 0.6) is 17.2 Å². The number of phenols is 1. The van der Waals surface area contributed by atoms with E-state index < -0.39 is 0 Å². The van der Waals surface area contributed by atoms with Gasteiger partial charge in [-0.3, -0.25) is 0 Å². The van der Waals surface area contributed by atoms with Crippen LogP contribution in [0.15, 0.2) is 60.7 Å². The molecular weight excluding hydrogens is 280 g/mol. The minimum Gasteiger partial charge on any atom is -0.504 e. The number of phenolic OH excluding ortho intramolecular Hbond substituents is 1. The zero-order valence-corrected chi connectivity index (χ0v) is 12.6. The van der Waals surface area contributed by atoms with Crippen LogP contribution in [0.3, 0.4) is 0 Å². The van der Waals surface area contributed by atoms with Gasteiger partial charge in [0.25, 0.3) is 0 Å². The summed E-state index contributed by atoms with van der Waals surface area (Å²) in [5, 5.41) is 9.74. The fourth-order valence-electron chi connectivity index (χ4n) is 1.90. The molecule has 0 fully saturated rings. The highest BCUT2D eigenvalue weighted by molar-refractivity contribution is 5.50. The van der Waals surface area contributed by atoms with Gasteiger partial charge >= 0.3 is 0 Å². The highest BCUT2D eigenvalue weighted by atomic mass is 16.5. The van der Waals surface area contributed by atoms with Crippen LogP contribution in [-0.2, 0) is 11.3 Å². The van der Waals surface area contributed by atoms with Crippen molar-refractivity contribution in [3.63, 3.8) is 0 Å². The minimum absolute atomic E-state index is 0.0630. The number of hydrogen-bond acceptors (Lipinski definition) is 4. The average Bonchev–Trinajstić information content (AvgIpc) is 2.56. The predicted molar refractivity (Wildman–Crippen MR) is 85.4 cm³/mol. The third-order valence-corrected chi connectivity index (χ3v) is 2.99. The Hall–Kier alpha value is -2.46. The molecule has 0 saturated carbocycles. The van der Waals surface area contributed by atoms with E-state index in [2.05, 4.69) is 0 Å². The fraction of sp³-hybridized carbons (Fsp3) is 0.222. The molecule has 0 unspecified atom stereocenters. The number of aromatic hydroxyl groups is 1. The van der Waals surface area contributed by atoms with Gasteiger partial charge in [0, 0.05) is 0 Å². The van der Waals surface area contributed by atoms with E-state index in [1.807, 2.05) is 42.5 Å². The number of rotatable bonds is 8. The second-order valence-electron chi connectivity index (χ2n) is 4.59. The second-order valence-corrected chi connectivity index (χ2v) is 4.59. The van der Waals surface area contributed by atoms with Crippen molar-refractivity contribution < 1.29 is 19.3 Å². The van der Waals surface area contributed by atoms with Crippen molar-refractivity contribution in [1.29, 1.82) is 0 Å². The maximum Gasteiger partial charge on any atom is 0.203 e. The van der Waals surface area contributed by atoms with Crippen molar-refractivity contribution >= 4 is 0 Å². The largest absolute Gasteiger partial charge is 0.504 e. The summed E-state index contributed by atoms with van der Waals surface area (Å²) in [7, 11) is 1.54. The van der Waals surface area contributed by atoms with Gasteiger partial charge in [-0.1, -0.05) is 42.5 Å². The lowest BCUT2D eigenvalue weighted by molar-refractivity contribution is 0.148. The first-order chi connectivity index (χ1) is 10.8. The van der Waals surface area contributed by atoms with Gasteiger partial charge in [-0.25, -0.2) is 0 Å². The van der Waals surface area contributed by atoms with Crippen LogP contribution in [0.2, 0.25) is 0 Å². The van der Waals surface area contributed by atoms with Gasteiger partial charge in [0.2, 0.25) is 5.75 Å². The Morgan fingerprint density at radius 1 is 0.955 bits per heavy atom. The van der Waals surface area contributed by atoms with Crippen molar-refractivity contribution in [1.82, 2.24) is 0 Å². The summed E-state index contributed by atoms with van der Waals surface area (Å²) >= 11 is 0. The normalized spacial score (nSPS) is 10.8. The van der Waals surface area contributed by atoms with Gasteiger partial charge < -0.3 is 19.3 Å². The summed E-state index contributed by atoms with van der Waals surface area (Å²) in [4.78, 5) is 0. The molecule has 116 valence electrons. The topological polar surface area (TPSA) is 47.9 Å². The number of hydrogen-bond donors (Lipinski definition) is 1. The molecular formula is C18H20O4. The van der Waals surface area contributed by atoms with E-state index >= 15 is 0 Å². The van der Waals surface area contributed by atoms with Gasteiger partial charge in [-0.2, -0.15) is 0 Å². The van der Waals surface area contributed by atoms with Crippen molar-refractivity contribution in [2.75, 3.05) is 20.3 Å². The Morgan fingerprint density at radius 3 is 2.50 bits per heavy atom. The van der Waals surface area contributed by atoms with Crippen LogP contribution in [-0.4, -0.2) is 25.4 Å². The smallest absolute Gasteiger partial charge is 0.203 e. The highest BCUT2D eigenvalue weighted by Crippen LogP contribution is 2.35. The van der Waals surface area contributed by atoms with Crippen LogP contribution >= 0.6 is 0 Å². The SMILES string of the molecule is COc1cccc(O)c1OC/C=C/COCc1ccccc1. The van der Waals surface area contributed by atoms with Crippen LogP contribution in [0.1, 0.15) is 5.56 Å². The summed E-state index contributed by atoms with van der Waals surface area (Å²) in [5.41, 5.74) is 1.14. The van der Waals surface area contributed by atoms with E-state index in [0.717, 1.165) is 5.56 Å². The number of methoxy groups -OCH3 is 1. The van der Waals surface area contributed by atoms with Gasteiger partial charge in [-0.15, -0.1) is 0 Å². The molecule has 2 aromatic rings. The molecule has 0 aromatic heterocycles. The van der Waals surface area contributed by atoms with Crippen molar-refractivity contribution in [3.05, 3.63) is 66.2 Å². The van der Waals surface area contributed by atoms with Crippen molar-refractivity contribution in [2.24, 2.45) is 0 Å². The standard InChI is InChI=1S/C18H20O4/c1-20-17-11-7-10-16(19)18(17)22-13-6-5-12-21-14-15-8-3-2-4-9-15/h2-11,19H,12-14H2,1H3/b6-5+. The molecule has 0 bridgehead atoms. The molecule has 0 aliphatic rings. The molecule has 0 amide bonds. The van der Waals surface area contributed by atoms with E-state index in [-0.39, 0.29) is 5.75 Å². The zero-order valence-electron chi connectivity index (χ0n) is 12.6. The van der Waals surface area contributed by atoms with Crippen molar-refractivity contribution in [3.8, 4) is 17.2 Å². The molecule has 0 heterocycles. The van der Waals surface area contributed by atoms with E-state index in [1.54, 1.807) is 18.2 Å². The minimum atomic E-state index is 0.0630. The molecule has 0 atom stereocenters. The van der Waals surface area contributed by atoms with Gasteiger partial charge in [0.1, 0.15) is 6.61 Å². The van der Waals surface area contributed by atoms with E-state index in [4.69, 9.17) is 14.2 Å². The van der Waals surface area contributed by atoms with Gasteiger partial charge in [0.15, 0.2) is 11.5 Å². The van der Waals surface area contributed by atoms with E-state index in [1.165, 1.54) is 7.11 Å². The molecule has 0 radical (unpaired) electrons. The summed E-state index contributed by atoms with van der Waals surface area (Å²) in [6, 6.07) is 15.0. The monoisotopic (exact) mass is 300 g/mol. The maximum absolute atomic E-state index is 9.74. The maximum atomic E-state index is 9.74. The number of benzene rings is 2. The molecule has 1 N–H and O–H groups in total. The van der Waals surface area contributed by atoms with E-state index in [0.29, 0.717) is 31.3 Å². The Morgan fingerprint density at radius 2 is 1.73 bits per heavy atom. The molecule has 0 aliphatic heterocycles. The van der Waals surface area contributed by atoms with Gasteiger partial charge in [0.05, 0.1) is 20.3 Å². The first-order valence-corrected chi connectivity index (χ1v) is 7.06. The highest BCUT2D eigenvalue weighted by Gasteiger charge is 2.08. The summed E-state index contributed by atoms with van der Waals surface area (Å²) in [6.45, 7) is 1.43. The molecule has 22 heavy (non-hydrogen) atoms. The number of ether oxygens (including phenoxy) is 3. The molecule has 2 rings (SSSR count). The Bertz CT molecular complexity index is 593. The van der Waals surface area contributed by atoms with E-state index in [9.17, 15) is 5.11 Å². The average molecular weight is 300 g/mol. The third-order valence-electron chi connectivity index (χ3n) is 2.99. The molecule has 4 heteroatoms. The van der Waals surface area contributed by atoms with Crippen LogP contribution in [0, 0.1) is 0 Å². The first-order valence-electron chi connectivity index (χ1n) is 7.06. The zero-order chi connectivity index (χ0) is 15.6. The Kier molecular flexibility index (Phi) is 6.33. The lowest BCUT2D eigenvalue weighted by Crippen LogP contribution is -1.98. The second kappa shape index (κ2) is 8.74. The number of para-hydroxylation sites is 1. The summed E-state index contributed by atoms with van der Waals surface area (Å²) in [5.74, 6) is 0.918. The quantitative estimate of drug-likeness (QED) is 0.598. The molecule has 0 spiro atoms. The summed E-state index contributed by atoms with van der Waals surface area (Å²) in [6.07, 6.45) is 3.73. The third kappa shape index (κ3) is 4.82. The Balaban J connectivity index is 1.70. The Labute approximate surface area is 130 Å². The van der Waals surface area contributed by atoms with Crippen LogP contribution in [0.4, 0.5) is 0 Å². The lowest BCUT2D eigenvalue weighted by Gasteiger charge is -2.10. The molecule has 0 aliphatic carbocycles. The van der Waals surface area contributed by atoms with Gasteiger partial charge in [-0.05, 0) is 23.8 Å². The first kappa shape index (κ1) is 15.9. The molecule has 0 saturated heterocycles. The summed E-state index contributed by atoms with van der Waals surface area (Å²) < 4.78 is 16.2.